The molecule has 3 aromatic rings. The van der Waals surface area contributed by atoms with Crippen molar-refractivity contribution in [2.75, 3.05) is 26.2 Å². The van der Waals surface area contributed by atoms with E-state index in [-0.39, 0.29) is 11.5 Å². The van der Waals surface area contributed by atoms with Crippen molar-refractivity contribution in [2.24, 2.45) is 0 Å². The van der Waals surface area contributed by atoms with Gasteiger partial charge in [-0.1, -0.05) is 24.3 Å². The van der Waals surface area contributed by atoms with Crippen LogP contribution in [0.2, 0.25) is 0 Å². The van der Waals surface area contributed by atoms with Crippen LogP contribution < -0.4 is 15.2 Å². The first-order chi connectivity index (χ1) is 16.4. The maximum Gasteiger partial charge on any atom is 0.337 e. The minimum atomic E-state index is -0.350. The topological polar surface area (TPSA) is 60.8 Å². The highest BCUT2D eigenvalue weighted by Crippen LogP contribution is 2.42. The van der Waals surface area contributed by atoms with E-state index in [1.165, 1.54) is 12.7 Å². The van der Waals surface area contributed by atoms with Gasteiger partial charge >= 0.3 is 5.97 Å². The van der Waals surface area contributed by atoms with Gasteiger partial charge in [-0.05, 0) is 73.6 Å². The summed E-state index contributed by atoms with van der Waals surface area (Å²) in [5.74, 6) is 0.979. The Bertz CT molecular complexity index is 1230. The van der Waals surface area contributed by atoms with Crippen LogP contribution in [-0.2, 0) is 24.2 Å². The van der Waals surface area contributed by atoms with Crippen LogP contribution in [0, 0.1) is 6.92 Å². The number of carbonyl (C=O) groups excluding carboxylic acids is 1. The first kappa shape index (κ1) is 23.6. The summed E-state index contributed by atoms with van der Waals surface area (Å²) in [7, 11) is 5.09. The van der Waals surface area contributed by atoms with Gasteiger partial charge in [-0.3, -0.25) is 4.79 Å². The average Bonchev–Trinajstić information content (AvgIpc) is 3.71. The third-order valence-corrected chi connectivity index (χ3v) is 6.51. The van der Waals surface area contributed by atoms with Gasteiger partial charge in [0.15, 0.2) is 0 Å². The van der Waals surface area contributed by atoms with E-state index in [2.05, 4.69) is 11.0 Å². The second-order valence-corrected chi connectivity index (χ2v) is 8.93. The molecule has 6 nitrogen and oxygen atoms in total. The van der Waals surface area contributed by atoms with Crippen LogP contribution in [0.25, 0.3) is 0 Å². The van der Waals surface area contributed by atoms with Crippen molar-refractivity contribution < 1.29 is 14.3 Å². The maximum absolute atomic E-state index is 13.3. The first-order valence-electron chi connectivity index (χ1n) is 11.7. The molecule has 1 saturated carbocycles. The van der Waals surface area contributed by atoms with Gasteiger partial charge in [-0.2, -0.15) is 0 Å². The minimum absolute atomic E-state index is 0.0546. The second kappa shape index (κ2) is 10.2. The number of hydrogen-bond acceptors (Lipinski definition) is 5. The lowest BCUT2D eigenvalue weighted by Crippen LogP contribution is -2.31. The molecule has 0 unspecified atom stereocenters. The molecule has 178 valence electrons. The van der Waals surface area contributed by atoms with Crippen LogP contribution in [0.1, 0.15) is 51.5 Å². The number of para-hydroxylation sites is 2. The molecular weight excluding hydrogens is 428 g/mol. The molecule has 0 bridgehead atoms. The molecule has 1 fully saturated rings. The van der Waals surface area contributed by atoms with E-state index in [0.29, 0.717) is 31.0 Å². The maximum atomic E-state index is 13.3. The summed E-state index contributed by atoms with van der Waals surface area (Å²) in [6.07, 6.45) is 3.02. The summed E-state index contributed by atoms with van der Waals surface area (Å²) >= 11 is 0. The van der Waals surface area contributed by atoms with Crippen molar-refractivity contribution in [1.82, 2.24) is 4.57 Å². The second-order valence-electron chi connectivity index (χ2n) is 8.93. The number of carbonyl (C=O) groups is 1. The zero-order valence-corrected chi connectivity index (χ0v) is 20.3. The van der Waals surface area contributed by atoms with Crippen molar-refractivity contribution >= 4 is 11.7 Å². The molecule has 1 aromatic heterocycles. The normalized spacial score (nSPS) is 12.9. The summed E-state index contributed by atoms with van der Waals surface area (Å²) in [6, 6.07) is 17.4. The first-order valence-corrected chi connectivity index (χ1v) is 11.7. The summed E-state index contributed by atoms with van der Waals surface area (Å²) in [5.41, 5.74) is 5.76. The average molecular weight is 461 g/mol. The van der Waals surface area contributed by atoms with Gasteiger partial charge in [0.1, 0.15) is 5.75 Å². The predicted octanol–water partition coefficient (Wildman–Crippen LogP) is 4.71. The molecule has 0 atom stereocenters. The highest BCUT2D eigenvalue weighted by Gasteiger charge is 2.29. The molecule has 2 aromatic carbocycles. The molecule has 0 aliphatic heterocycles. The minimum Gasteiger partial charge on any atom is -0.495 e. The van der Waals surface area contributed by atoms with Crippen molar-refractivity contribution in [3.05, 3.63) is 92.9 Å². The van der Waals surface area contributed by atoms with Crippen LogP contribution in [0.3, 0.4) is 0 Å². The molecule has 0 radical (unpaired) electrons. The van der Waals surface area contributed by atoms with Gasteiger partial charge in [0, 0.05) is 24.8 Å². The van der Waals surface area contributed by atoms with Crippen LogP contribution in [0.5, 0.6) is 5.75 Å². The number of nitrogens with zero attached hydrogens (tertiary/aromatic N) is 2. The highest BCUT2D eigenvalue weighted by atomic mass is 16.5. The summed E-state index contributed by atoms with van der Waals surface area (Å²) < 4.78 is 12.3. The summed E-state index contributed by atoms with van der Waals surface area (Å²) in [6.45, 7) is 3.10. The van der Waals surface area contributed by atoms with Crippen molar-refractivity contribution in [2.45, 2.75) is 45.2 Å². The third-order valence-electron chi connectivity index (χ3n) is 6.51. The molecule has 0 N–H and O–H groups in total. The standard InChI is InChI=1S/C28H32N2O4/c1-19-17-23(21-13-14-21)25(18-29(2)24-7-5-6-8-26(24)33-3)30(27(19)31)16-15-20-9-11-22(12-10-20)28(32)34-4/h5-12,17,21H,13-16,18H2,1-4H3. The lowest BCUT2D eigenvalue weighted by atomic mass is 10.0. The van der Waals surface area contributed by atoms with Gasteiger partial charge in [-0.15, -0.1) is 0 Å². The smallest absolute Gasteiger partial charge is 0.337 e. The molecule has 0 spiro atoms. The monoisotopic (exact) mass is 460 g/mol. The molecule has 1 aliphatic rings. The molecule has 6 heteroatoms. The number of anilines is 1. The predicted molar refractivity (Wildman–Crippen MR) is 134 cm³/mol. The number of ether oxygens (including phenoxy) is 2. The number of hydrogen-bond donors (Lipinski definition) is 0. The molecule has 4 rings (SSSR count). The molecule has 0 amide bonds. The highest BCUT2D eigenvalue weighted by molar-refractivity contribution is 5.89. The SMILES string of the molecule is COC(=O)c1ccc(CCn2c(CN(C)c3ccccc3OC)c(C3CC3)cc(C)c2=O)cc1. The summed E-state index contributed by atoms with van der Waals surface area (Å²) in [5, 5.41) is 0. The number of rotatable bonds is 9. The Morgan fingerprint density at radius 2 is 1.79 bits per heavy atom. The fourth-order valence-corrected chi connectivity index (χ4v) is 4.45. The number of esters is 1. The third kappa shape index (κ3) is 5.01. The number of aromatic nitrogens is 1. The molecule has 34 heavy (non-hydrogen) atoms. The van der Waals surface area contributed by atoms with Crippen LogP contribution in [0.15, 0.2) is 59.4 Å². The Morgan fingerprint density at radius 3 is 2.44 bits per heavy atom. The quantitative estimate of drug-likeness (QED) is 0.433. The van der Waals surface area contributed by atoms with E-state index < -0.39 is 0 Å². The Balaban J connectivity index is 1.65. The van der Waals surface area contributed by atoms with Crippen molar-refractivity contribution in [3.8, 4) is 5.75 Å². The van der Waals surface area contributed by atoms with Crippen LogP contribution in [0.4, 0.5) is 5.69 Å². The number of benzene rings is 2. The van der Waals surface area contributed by atoms with Gasteiger partial charge in [0.25, 0.3) is 5.56 Å². The molecular formula is C28H32N2O4. The number of methoxy groups -OCH3 is 2. The Labute approximate surface area is 200 Å². The van der Waals surface area contributed by atoms with E-state index in [1.54, 1.807) is 19.2 Å². The Morgan fingerprint density at radius 1 is 1.09 bits per heavy atom. The van der Waals surface area contributed by atoms with Crippen LogP contribution in [-0.4, -0.2) is 31.8 Å². The van der Waals surface area contributed by atoms with Gasteiger partial charge in [0.2, 0.25) is 0 Å². The largest absolute Gasteiger partial charge is 0.495 e. The Kier molecular flexibility index (Phi) is 7.06. The van der Waals surface area contributed by atoms with Gasteiger partial charge in [-0.25, -0.2) is 4.79 Å². The lowest BCUT2D eigenvalue weighted by Gasteiger charge is -2.26. The molecule has 1 heterocycles. The van der Waals surface area contributed by atoms with E-state index in [9.17, 15) is 9.59 Å². The lowest BCUT2D eigenvalue weighted by molar-refractivity contribution is 0.0600. The fourth-order valence-electron chi connectivity index (χ4n) is 4.45. The Hall–Kier alpha value is -3.54. The number of aryl methyl sites for hydroxylation is 2. The van der Waals surface area contributed by atoms with E-state index in [0.717, 1.165) is 41.1 Å². The van der Waals surface area contributed by atoms with E-state index >= 15 is 0 Å². The van der Waals surface area contributed by atoms with E-state index in [4.69, 9.17) is 9.47 Å². The zero-order valence-electron chi connectivity index (χ0n) is 20.3. The fraction of sp³-hybridized carbons (Fsp3) is 0.357. The zero-order chi connectivity index (χ0) is 24.2. The van der Waals surface area contributed by atoms with Crippen molar-refractivity contribution in [1.29, 1.82) is 0 Å². The van der Waals surface area contributed by atoms with Crippen LogP contribution >= 0.6 is 0 Å². The van der Waals surface area contributed by atoms with Crippen molar-refractivity contribution in [3.63, 3.8) is 0 Å². The van der Waals surface area contributed by atoms with E-state index in [1.807, 2.05) is 54.9 Å². The van der Waals surface area contributed by atoms with Gasteiger partial charge < -0.3 is 18.9 Å². The molecule has 1 aliphatic carbocycles. The van der Waals surface area contributed by atoms with Gasteiger partial charge in [0.05, 0.1) is 32.0 Å². The summed E-state index contributed by atoms with van der Waals surface area (Å²) in [4.78, 5) is 27.2. The number of pyridine rings is 1. The molecule has 0 saturated heterocycles.